The van der Waals surface area contributed by atoms with Gasteiger partial charge in [-0.1, -0.05) is 44.5 Å². The summed E-state index contributed by atoms with van der Waals surface area (Å²) < 4.78 is 13.2. The van der Waals surface area contributed by atoms with Crippen LogP contribution in [0, 0.1) is 18.3 Å². The normalized spacial score (nSPS) is 24.5. The molecule has 0 bridgehead atoms. The topological polar surface area (TPSA) is 0 Å². The van der Waals surface area contributed by atoms with Crippen LogP contribution < -0.4 is 0 Å². The van der Waals surface area contributed by atoms with Gasteiger partial charge in [0.15, 0.2) is 0 Å². The highest BCUT2D eigenvalue weighted by Crippen LogP contribution is 2.43. The van der Waals surface area contributed by atoms with Crippen LogP contribution in [0.2, 0.25) is 0 Å². The quantitative estimate of drug-likeness (QED) is 0.633. The summed E-state index contributed by atoms with van der Waals surface area (Å²) >= 11 is 0. The molecule has 1 aromatic carbocycles. The summed E-state index contributed by atoms with van der Waals surface area (Å²) in [5, 5.41) is 0. The molecule has 0 heterocycles. The maximum absolute atomic E-state index is 13.2. The average molecular weight is 262 g/mol. The third-order valence-electron chi connectivity index (χ3n) is 4.83. The Bertz CT molecular complexity index is 420. The van der Waals surface area contributed by atoms with E-state index in [9.17, 15) is 4.39 Å². The van der Waals surface area contributed by atoms with Crippen LogP contribution in [-0.4, -0.2) is 0 Å². The molecule has 0 saturated heterocycles. The second-order valence-corrected chi connectivity index (χ2v) is 7.25. The van der Waals surface area contributed by atoms with Gasteiger partial charge in [0.1, 0.15) is 6.67 Å². The highest BCUT2D eigenvalue weighted by atomic mass is 19.1. The molecule has 0 atom stereocenters. The molecular weight excluding hydrogens is 235 g/mol. The molecule has 106 valence electrons. The second-order valence-electron chi connectivity index (χ2n) is 7.25. The van der Waals surface area contributed by atoms with Gasteiger partial charge in [0.2, 0.25) is 0 Å². The number of halogens is 1. The van der Waals surface area contributed by atoms with Gasteiger partial charge in [-0.2, -0.15) is 0 Å². The number of alkyl halides is 1. The van der Waals surface area contributed by atoms with Crippen LogP contribution in [0.15, 0.2) is 18.2 Å². The smallest absolute Gasteiger partial charge is 0.115 e. The lowest BCUT2D eigenvalue weighted by atomic mass is 9.68. The monoisotopic (exact) mass is 262 g/mol. The fourth-order valence-electron chi connectivity index (χ4n) is 3.52. The van der Waals surface area contributed by atoms with Gasteiger partial charge in [0.25, 0.3) is 0 Å². The summed E-state index contributed by atoms with van der Waals surface area (Å²) in [6.07, 6.45) is 5.01. The van der Waals surface area contributed by atoms with Crippen molar-refractivity contribution in [3.63, 3.8) is 0 Å². The Morgan fingerprint density at radius 3 is 2.26 bits per heavy atom. The molecule has 1 aliphatic rings. The molecule has 1 aromatic rings. The lowest BCUT2D eigenvalue weighted by Crippen LogP contribution is -2.25. The molecule has 0 aromatic heterocycles. The van der Waals surface area contributed by atoms with Gasteiger partial charge in [-0.3, -0.25) is 0 Å². The lowest BCUT2D eigenvalue weighted by Gasteiger charge is -2.37. The first-order valence-electron chi connectivity index (χ1n) is 7.57. The average Bonchev–Trinajstić information content (AvgIpc) is 2.37. The Morgan fingerprint density at radius 1 is 1.11 bits per heavy atom. The summed E-state index contributed by atoms with van der Waals surface area (Å²) in [6, 6.07) is 6.31. The summed E-state index contributed by atoms with van der Waals surface area (Å²) in [7, 11) is 0. The first kappa shape index (κ1) is 14.6. The number of aryl methyl sites for hydroxylation is 1. The molecule has 1 saturated carbocycles. The maximum atomic E-state index is 13.2. The van der Waals surface area contributed by atoms with Crippen molar-refractivity contribution in [1.82, 2.24) is 0 Å². The SMILES string of the molecule is Cc1ccc([C@H]2CC[C@H](C(C)(C)C)CC2)c(CF)c1. The van der Waals surface area contributed by atoms with Crippen LogP contribution in [-0.2, 0) is 6.67 Å². The highest BCUT2D eigenvalue weighted by Gasteiger charge is 2.30. The standard InChI is InChI=1S/C18H27F/c1-13-5-10-17(15(11-13)12-19)14-6-8-16(9-7-14)18(2,3)4/h5,10-11,14,16H,6-9,12H2,1-4H3/t14-,16-. The molecule has 0 nitrogen and oxygen atoms in total. The van der Waals surface area contributed by atoms with Gasteiger partial charge in [-0.15, -0.1) is 0 Å². The van der Waals surface area contributed by atoms with E-state index in [1.165, 1.54) is 36.8 Å². The van der Waals surface area contributed by atoms with Crippen molar-refractivity contribution in [2.75, 3.05) is 0 Å². The third-order valence-corrected chi connectivity index (χ3v) is 4.83. The predicted molar refractivity (Wildman–Crippen MR) is 80.1 cm³/mol. The van der Waals surface area contributed by atoms with E-state index in [2.05, 4.69) is 32.9 Å². The molecular formula is C18H27F. The first-order chi connectivity index (χ1) is 8.91. The van der Waals surface area contributed by atoms with E-state index in [1.807, 2.05) is 13.0 Å². The molecule has 1 heteroatoms. The van der Waals surface area contributed by atoms with E-state index >= 15 is 0 Å². The number of benzene rings is 1. The van der Waals surface area contributed by atoms with Crippen molar-refractivity contribution in [2.24, 2.45) is 11.3 Å². The highest BCUT2D eigenvalue weighted by molar-refractivity contribution is 5.34. The van der Waals surface area contributed by atoms with Crippen LogP contribution in [0.4, 0.5) is 4.39 Å². The van der Waals surface area contributed by atoms with Crippen LogP contribution >= 0.6 is 0 Å². The van der Waals surface area contributed by atoms with E-state index in [4.69, 9.17) is 0 Å². The van der Waals surface area contributed by atoms with Crippen molar-refractivity contribution in [3.8, 4) is 0 Å². The van der Waals surface area contributed by atoms with Gasteiger partial charge in [-0.05, 0) is 61.0 Å². The molecule has 0 aliphatic heterocycles. The van der Waals surface area contributed by atoms with Crippen LogP contribution in [0.3, 0.4) is 0 Å². The van der Waals surface area contributed by atoms with Gasteiger partial charge in [0.05, 0.1) is 0 Å². The molecule has 2 rings (SSSR count). The summed E-state index contributed by atoms with van der Waals surface area (Å²) in [5.74, 6) is 1.40. The minimum absolute atomic E-state index is 0.323. The molecule has 0 N–H and O–H groups in total. The Labute approximate surface area is 117 Å². The largest absolute Gasteiger partial charge is 0.246 e. The summed E-state index contributed by atoms with van der Waals surface area (Å²) in [4.78, 5) is 0. The number of hydrogen-bond acceptors (Lipinski definition) is 0. The molecule has 1 fully saturated rings. The van der Waals surface area contributed by atoms with E-state index in [0.29, 0.717) is 11.3 Å². The minimum Gasteiger partial charge on any atom is -0.246 e. The fraction of sp³-hybridized carbons (Fsp3) is 0.667. The third kappa shape index (κ3) is 3.38. The Hall–Kier alpha value is -0.850. The fourth-order valence-corrected chi connectivity index (χ4v) is 3.52. The molecule has 0 amide bonds. The van der Waals surface area contributed by atoms with Gasteiger partial charge in [0, 0.05) is 0 Å². The van der Waals surface area contributed by atoms with Crippen molar-refractivity contribution < 1.29 is 4.39 Å². The van der Waals surface area contributed by atoms with Crippen LogP contribution in [0.1, 0.15) is 69.1 Å². The van der Waals surface area contributed by atoms with E-state index in [0.717, 1.165) is 11.5 Å². The lowest BCUT2D eigenvalue weighted by molar-refractivity contribution is 0.168. The van der Waals surface area contributed by atoms with Crippen molar-refractivity contribution in [2.45, 2.75) is 66.0 Å². The Balaban J connectivity index is 2.10. The molecule has 0 unspecified atom stereocenters. The number of hydrogen-bond donors (Lipinski definition) is 0. The Morgan fingerprint density at radius 2 is 1.74 bits per heavy atom. The molecule has 0 radical (unpaired) electrons. The zero-order chi connectivity index (χ0) is 14.0. The van der Waals surface area contributed by atoms with Crippen LogP contribution in [0.5, 0.6) is 0 Å². The first-order valence-corrected chi connectivity index (χ1v) is 7.57. The number of rotatable bonds is 2. The maximum Gasteiger partial charge on any atom is 0.115 e. The van der Waals surface area contributed by atoms with E-state index in [-0.39, 0.29) is 6.67 Å². The van der Waals surface area contributed by atoms with Gasteiger partial charge in [-0.25, -0.2) is 4.39 Å². The van der Waals surface area contributed by atoms with Crippen molar-refractivity contribution in [3.05, 3.63) is 34.9 Å². The second kappa shape index (κ2) is 5.64. The van der Waals surface area contributed by atoms with E-state index in [1.54, 1.807) is 0 Å². The zero-order valence-electron chi connectivity index (χ0n) is 12.8. The molecule has 1 aliphatic carbocycles. The van der Waals surface area contributed by atoms with Crippen LogP contribution in [0.25, 0.3) is 0 Å². The van der Waals surface area contributed by atoms with Crippen molar-refractivity contribution in [1.29, 1.82) is 0 Å². The summed E-state index contributed by atoms with van der Waals surface area (Å²) in [6.45, 7) is 8.75. The predicted octanol–water partition coefficient (Wildman–Crippen LogP) is 5.78. The van der Waals surface area contributed by atoms with E-state index < -0.39 is 0 Å². The summed E-state index contributed by atoms with van der Waals surface area (Å²) in [5.41, 5.74) is 3.76. The van der Waals surface area contributed by atoms with Gasteiger partial charge >= 0.3 is 0 Å². The molecule has 19 heavy (non-hydrogen) atoms. The Kier molecular flexibility index (Phi) is 4.32. The molecule has 0 spiro atoms. The zero-order valence-corrected chi connectivity index (χ0v) is 12.8. The minimum atomic E-state index is -0.323. The van der Waals surface area contributed by atoms with Crippen molar-refractivity contribution >= 4 is 0 Å². The van der Waals surface area contributed by atoms with Gasteiger partial charge < -0.3 is 0 Å².